The smallest absolute Gasteiger partial charge is 0.255 e. The highest BCUT2D eigenvalue weighted by atomic mass is 79.9. The lowest BCUT2D eigenvalue weighted by Crippen LogP contribution is -2.12. The summed E-state index contributed by atoms with van der Waals surface area (Å²) >= 11 is 3.39. The van der Waals surface area contributed by atoms with Gasteiger partial charge in [0.05, 0.1) is 5.69 Å². The molecule has 0 bridgehead atoms. The van der Waals surface area contributed by atoms with Crippen LogP contribution >= 0.6 is 15.9 Å². The molecule has 94 valence electrons. The zero-order chi connectivity index (χ0) is 13.2. The van der Waals surface area contributed by atoms with Gasteiger partial charge in [0.1, 0.15) is 5.52 Å². The lowest BCUT2D eigenvalue weighted by molar-refractivity contribution is 0.102. The van der Waals surface area contributed by atoms with Crippen LogP contribution < -0.4 is 5.32 Å². The Morgan fingerprint density at radius 3 is 2.89 bits per heavy atom. The Bertz CT molecular complexity index is 752. The second kappa shape index (κ2) is 4.85. The van der Waals surface area contributed by atoms with Gasteiger partial charge in [-0.15, -0.1) is 0 Å². The van der Waals surface area contributed by atoms with Gasteiger partial charge in [-0.2, -0.15) is 0 Å². The highest BCUT2D eigenvalue weighted by Crippen LogP contribution is 2.22. The van der Waals surface area contributed by atoms with Gasteiger partial charge < -0.3 is 9.73 Å². The molecule has 0 radical (unpaired) electrons. The van der Waals surface area contributed by atoms with E-state index in [9.17, 15) is 4.79 Å². The SMILES string of the molecule is O=C(Nc1ccccc1Br)c1ccc2ncoc2c1. The molecular formula is C14H9BrN2O2. The molecule has 1 aromatic heterocycles. The van der Waals surface area contributed by atoms with Crippen LogP contribution in [0, 0.1) is 0 Å². The summed E-state index contributed by atoms with van der Waals surface area (Å²) in [7, 11) is 0. The Hall–Kier alpha value is -2.14. The first-order valence-electron chi connectivity index (χ1n) is 5.63. The average molecular weight is 317 g/mol. The number of fused-ring (bicyclic) bond motifs is 1. The number of para-hydroxylation sites is 1. The van der Waals surface area contributed by atoms with Crippen LogP contribution in [0.5, 0.6) is 0 Å². The number of nitrogens with zero attached hydrogens (tertiary/aromatic N) is 1. The van der Waals surface area contributed by atoms with Crippen molar-refractivity contribution in [2.75, 3.05) is 5.32 Å². The summed E-state index contributed by atoms with van der Waals surface area (Å²) in [4.78, 5) is 16.1. The first kappa shape index (κ1) is 11.9. The summed E-state index contributed by atoms with van der Waals surface area (Å²) in [6.45, 7) is 0. The van der Waals surface area contributed by atoms with Gasteiger partial charge in [0, 0.05) is 10.0 Å². The minimum Gasteiger partial charge on any atom is -0.443 e. The number of amides is 1. The van der Waals surface area contributed by atoms with Crippen LogP contribution in [-0.4, -0.2) is 10.9 Å². The van der Waals surface area contributed by atoms with E-state index in [4.69, 9.17) is 4.42 Å². The highest BCUT2D eigenvalue weighted by molar-refractivity contribution is 9.10. The van der Waals surface area contributed by atoms with Crippen LogP contribution in [0.15, 0.2) is 57.7 Å². The number of hydrogen-bond acceptors (Lipinski definition) is 3. The second-order valence-corrected chi connectivity index (χ2v) is 4.82. The molecule has 19 heavy (non-hydrogen) atoms. The van der Waals surface area contributed by atoms with Gasteiger partial charge in [-0.05, 0) is 46.3 Å². The molecule has 1 amide bonds. The van der Waals surface area contributed by atoms with Gasteiger partial charge in [-0.25, -0.2) is 4.98 Å². The molecule has 0 saturated heterocycles. The predicted molar refractivity (Wildman–Crippen MR) is 76.1 cm³/mol. The number of carbonyl (C=O) groups excluding carboxylic acids is 1. The van der Waals surface area contributed by atoms with Crippen molar-refractivity contribution < 1.29 is 9.21 Å². The standard InChI is InChI=1S/C14H9BrN2O2/c15-10-3-1-2-4-11(10)17-14(18)9-5-6-12-13(7-9)19-8-16-12/h1-8H,(H,17,18). The minimum absolute atomic E-state index is 0.190. The third-order valence-corrected chi connectivity index (χ3v) is 3.41. The Morgan fingerprint density at radius 1 is 1.21 bits per heavy atom. The quantitative estimate of drug-likeness (QED) is 0.781. The third kappa shape index (κ3) is 2.37. The molecule has 0 fully saturated rings. The third-order valence-electron chi connectivity index (χ3n) is 2.72. The van der Waals surface area contributed by atoms with Gasteiger partial charge in [-0.1, -0.05) is 12.1 Å². The lowest BCUT2D eigenvalue weighted by atomic mass is 10.2. The van der Waals surface area contributed by atoms with Gasteiger partial charge in [0.15, 0.2) is 12.0 Å². The monoisotopic (exact) mass is 316 g/mol. The fourth-order valence-corrected chi connectivity index (χ4v) is 2.14. The molecule has 0 unspecified atom stereocenters. The zero-order valence-corrected chi connectivity index (χ0v) is 11.3. The molecule has 0 spiro atoms. The Kier molecular flexibility index (Phi) is 3.05. The molecule has 0 saturated carbocycles. The molecule has 1 heterocycles. The molecule has 1 N–H and O–H groups in total. The molecule has 5 heteroatoms. The van der Waals surface area contributed by atoms with Crippen LogP contribution in [0.1, 0.15) is 10.4 Å². The van der Waals surface area contributed by atoms with E-state index in [-0.39, 0.29) is 5.91 Å². The number of oxazole rings is 1. The fraction of sp³-hybridized carbons (Fsp3) is 0. The second-order valence-electron chi connectivity index (χ2n) is 3.97. The lowest BCUT2D eigenvalue weighted by Gasteiger charge is -2.06. The molecule has 0 aliphatic heterocycles. The van der Waals surface area contributed by atoms with E-state index in [1.807, 2.05) is 24.3 Å². The summed E-state index contributed by atoms with van der Waals surface area (Å²) in [6, 6.07) is 12.6. The number of carbonyl (C=O) groups is 1. The predicted octanol–water partition coefficient (Wildman–Crippen LogP) is 3.84. The fourth-order valence-electron chi connectivity index (χ4n) is 1.75. The Labute approximate surface area is 117 Å². The average Bonchev–Trinajstić information content (AvgIpc) is 2.88. The number of rotatable bonds is 2. The van der Waals surface area contributed by atoms with Crippen molar-refractivity contribution in [3.8, 4) is 0 Å². The van der Waals surface area contributed by atoms with Gasteiger partial charge in [-0.3, -0.25) is 4.79 Å². The minimum atomic E-state index is -0.190. The molecular weight excluding hydrogens is 308 g/mol. The van der Waals surface area contributed by atoms with Crippen molar-refractivity contribution in [1.82, 2.24) is 4.98 Å². The normalized spacial score (nSPS) is 10.6. The Morgan fingerprint density at radius 2 is 2.05 bits per heavy atom. The summed E-state index contributed by atoms with van der Waals surface area (Å²) in [5.74, 6) is -0.190. The van der Waals surface area contributed by atoms with Crippen molar-refractivity contribution >= 4 is 38.6 Å². The molecule has 2 aromatic carbocycles. The van der Waals surface area contributed by atoms with E-state index >= 15 is 0 Å². The summed E-state index contributed by atoms with van der Waals surface area (Å²) in [6.07, 6.45) is 1.36. The van der Waals surface area contributed by atoms with Gasteiger partial charge in [0.25, 0.3) is 5.91 Å². The summed E-state index contributed by atoms with van der Waals surface area (Å²) in [5.41, 5.74) is 2.59. The van der Waals surface area contributed by atoms with Crippen molar-refractivity contribution in [3.63, 3.8) is 0 Å². The van der Waals surface area contributed by atoms with Crippen molar-refractivity contribution in [3.05, 3.63) is 58.9 Å². The summed E-state index contributed by atoms with van der Waals surface area (Å²) in [5, 5.41) is 2.84. The number of halogens is 1. The van der Waals surface area contributed by atoms with Crippen molar-refractivity contribution in [2.24, 2.45) is 0 Å². The number of anilines is 1. The first-order valence-corrected chi connectivity index (χ1v) is 6.42. The van der Waals surface area contributed by atoms with Gasteiger partial charge >= 0.3 is 0 Å². The zero-order valence-electron chi connectivity index (χ0n) is 9.76. The number of nitrogens with one attached hydrogen (secondary N) is 1. The largest absolute Gasteiger partial charge is 0.443 e. The van der Waals surface area contributed by atoms with E-state index in [0.29, 0.717) is 11.1 Å². The first-order chi connectivity index (χ1) is 9.24. The maximum atomic E-state index is 12.1. The highest BCUT2D eigenvalue weighted by Gasteiger charge is 2.09. The molecule has 3 rings (SSSR count). The summed E-state index contributed by atoms with van der Waals surface area (Å²) < 4.78 is 6.02. The van der Waals surface area contributed by atoms with E-state index < -0.39 is 0 Å². The number of hydrogen-bond donors (Lipinski definition) is 1. The molecule has 0 atom stereocenters. The number of aromatic nitrogens is 1. The molecule has 4 nitrogen and oxygen atoms in total. The van der Waals surface area contributed by atoms with Crippen LogP contribution in [0.2, 0.25) is 0 Å². The maximum absolute atomic E-state index is 12.1. The number of benzene rings is 2. The van der Waals surface area contributed by atoms with Crippen molar-refractivity contribution in [1.29, 1.82) is 0 Å². The van der Waals surface area contributed by atoms with Gasteiger partial charge in [0.2, 0.25) is 0 Å². The van der Waals surface area contributed by atoms with E-state index in [1.165, 1.54) is 6.39 Å². The molecule has 0 aliphatic carbocycles. The molecule has 0 aliphatic rings. The van der Waals surface area contributed by atoms with Crippen LogP contribution in [-0.2, 0) is 0 Å². The van der Waals surface area contributed by atoms with Crippen LogP contribution in [0.3, 0.4) is 0 Å². The topological polar surface area (TPSA) is 55.1 Å². The van der Waals surface area contributed by atoms with E-state index in [1.54, 1.807) is 18.2 Å². The van der Waals surface area contributed by atoms with E-state index in [2.05, 4.69) is 26.2 Å². The molecule has 3 aromatic rings. The van der Waals surface area contributed by atoms with Crippen LogP contribution in [0.25, 0.3) is 11.1 Å². The van der Waals surface area contributed by atoms with E-state index in [0.717, 1.165) is 15.7 Å². The Balaban J connectivity index is 1.89. The van der Waals surface area contributed by atoms with Crippen molar-refractivity contribution in [2.45, 2.75) is 0 Å². The van der Waals surface area contributed by atoms with Crippen LogP contribution in [0.4, 0.5) is 5.69 Å². The maximum Gasteiger partial charge on any atom is 0.255 e.